The molecule has 0 aliphatic heterocycles. The number of aryl methyl sites for hydroxylation is 1. The SMILES string of the molecule is CCc1ccncc1C(=O)N(C)[C@@H]1CC=C(OC)CC1C. The maximum absolute atomic E-state index is 12.8. The highest BCUT2D eigenvalue weighted by molar-refractivity contribution is 5.95. The van der Waals surface area contributed by atoms with Crippen LogP contribution >= 0.6 is 0 Å². The molecule has 114 valence electrons. The van der Waals surface area contributed by atoms with Crippen LogP contribution in [-0.4, -0.2) is 36.0 Å². The first kappa shape index (κ1) is 15.5. The Hall–Kier alpha value is -1.84. The van der Waals surface area contributed by atoms with Crippen LogP contribution in [0.15, 0.2) is 30.3 Å². The van der Waals surface area contributed by atoms with E-state index in [1.807, 2.05) is 18.0 Å². The summed E-state index contributed by atoms with van der Waals surface area (Å²) in [7, 11) is 3.60. The molecule has 0 radical (unpaired) electrons. The van der Waals surface area contributed by atoms with Gasteiger partial charge in [-0.05, 0) is 36.5 Å². The van der Waals surface area contributed by atoms with E-state index in [1.54, 1.807) is 19.5 Å². The molecule has 21 heavy (non-hydrogen) atoms. The minimum Gasteiger partial charge on any atom is -0.501 e. The van der Waals surface area contributed by atoms with Crippen molar-refractivity contribution in [3.8, 4) is 0 Å². The predicted molar refractivity (Wildman–Crippen MR) is 83.0 cm³/mol. The van der Waals surface area contributed by atoms with Gasteiger partial charge >= 0.3 is 0 Å². The molecule has 2 atom stereocenters. The first-order valence-corrected chi connectivity index (χ1v) is 7.51. The van der Waals surface area contributed by atoms with Crippen molar-refractivity contribution in [2.75, 3.05) is 14.2 Å². The number of hydrogen-bond donors (Lipinski definition) is 0. The Kier molecular flexibility index (Phi) is 4.99. The highest BCUT2D eigenvalue weighted by Crippen LogP contribution is 2.28. The molecule has 0 saturated carbocycles. The summed E-state index contributed by atoms with van der Waals surface area (Å²) in [4.78, 5) is 18.7. The molecule has 0 saturated heterocycles. The van der Waals surface area contributed by atoms with Crippen molar-refractivity contribution in [3.63, 3.8) is 0 Å². The monoisotopic (exact) mass is 288 g/mol. The van der Waals surface area contributed by atoms with Crippen LogP contribution in [0.3, 0.4) is 0 Å². The quantitative estimate of drug-likeness (QED) is 0.855. The molecule has 1 aliphatic rings. The number of nitrogens with zero attached hydrogens (tertiary/aromatic N) is 2. The molecule has 1 aromatic heterocycles. The Morgan fingerprint density at radius 1 is 1.52 bits per heavy atom. The minimum absolute atomic E-state index is 0.0612. The van der Waals surface area contributed by atoms with Crippen molar-refractivity contribution in [2.24, 2.45) is 5.92 Å². The summed E-state index contributed by atoms with van der Waals surface area (Å²) >= 11 is 0. The van der Waals surface area contributed by atoms with Gasteiger partial charge in [-0.1, -0.05) is 13.8 Å². The second-order valence-corrected chi connectivity index (χ2v) is 5.66. The molecule has 1 aromatic rings. The van der Waals surface area contributed by atoms with Gasteiger partial charge in [0.1, 0.15) is 0 Å². The Labute approximate surface area is 126 Å². The lowest BCUT2D eigenvalue weighted by atomic mass is 9.88. The lowest BCUT2D eigenvalue weighted by Gasteiger charge is -2.35. The van der Waals surface area contributed by atoms with Gasteiger partial charge in [-0.25, -0.2) is 0 Å². The fourth-order valence-electron chi connectivity index (χ4n) is 2.99. The molecule has 0 fully saturated rings. The third-order valence-corrected chi connectivity index (χ3v) is 4.37. The molecule has 0 aromatic carbocycles. The van der Waals surface area contributed by atoms with E-state index in [2.05, 4.69) is 24.9 Å². The van der Waals surface area contributed by atoms with Crippen LogP contribution in [-0.2, 0) is 11.2 Å². The van der Waals surface area contributed by atoms with Crippen molar-refractivity contribution in [2.45, 2.75) is 39.2 Å². The molecule has 1 aliphatic carbocycles. The van der Waals surface area contributed by atoms with E-state index >= 15 is 0 Å². The number of methoxy groups -OCH3 is 1. The van der Waals surface area contributed by atoms with Gasteiger partial charge in [0, 0.05) is 31.9 Å². The van der Waals surface area contributed by atoms with Gasteiger partial charge in [0.15, 0.2) is 0 Å². The molecule has 4 heteroatoms. The van der Waals surface area contributed by atoms with E-state index in [-0.39, 0.29) is 11.9 Å². The van der Waals surface area contributed by atoms with Crippen LogP contribution in [0.1, 0.15) is 42.6 Å². The van der Waals surface area contributed by atoms with Crippen LogP contribution in [0.5, 0.6) is 0 Å². The van der Waals surface area contributed by atoms with E-state index in [0.717, 1.165) is 36.1 Å². The van der Waals surface area contributed by atoms with Crippen molar-refractivity contribution in [3.05, 3.63) is 41.4 Å². The molecule has 0 N–H and O–H groups in total. The Morgan fingerprint density at radius 3 is 2.90 bits per heavy atom. The average molecular weight is 288 g/mol. The zero-order chi connectivity index (χ0) is 15.4. The fourth-order valence-corrected chi connectivity index (χ4v) is 2.99. The molecule has 1 amide bonds. The number of amides is 1. The number of pyridine rings is 1. The van der Waals surface area contributed by atoms with Crippen LogP contribution in [0.4, 0.5) is 0 Å². The summed E-state index contributed by atoms with van der Waals surface area (Å²) in [6.07, 6.45) is 8.08. The van der Waals surface area contributed by atoms with Crippen molar-refractivity contribution in [1.29, 1.82) is 0 Å². The number of rotatable bonds is 4. The molecule has 0 spiro atoms. The van der Waals surface area contributed by atoms with Crippen LogP contribution in [0.25, 0.3) is 0 Å². The second-order valence-electron chi connectivity index (χ2n) is 5.66. The van der Waals surface area contributed by atoms with Gasteiger partial charge in [-0.15, -0.1) is 0 Å². The summed E-state index contributed by atoms with van der Waals surface area (Å²) in [5.74, 6) is 1.47. The molecule has 0 bridgehead atoms. The fraction of sp³-hybridized carbons (Fsp3) is 0.529. The molecular weight excluding hydrogens is 264 g/mol. The van der Waals surface area contributed by atoms with Gasteiger partial charge in [0.05, 0.1) is 18.4 Å². The number of allylic oxidation sites excluding steroid dienone is 1. The minimum atomic E-state index is 0.0612. The number of hydrogen-bond acceptors (Lipinski definition) is 3. The van der Waals surface area contributed by atoms with E-state index in [4.69, 9.17) is 4.74 Å². The van der Waals surface area contributed by atoms with Gasteiger partial charge in [-0.3, -0.25) is 9.78 Å². The summed E-state index contributed by atoms with van der Waals surface area (Å²) < 4.78 is 5.32. The number of ether oxygens (including phenoxy) is 1. The number of carbonyl (C=O) groups excluding carboxylic acids is 1. The van der Waals surface area contributed by atoms with Crippen LogP contribution in [0.2, 0.25) is 0 Å². The van der Waals surface area contributed by atoms with Gasteiger partial charge in [-0.2, -0.15) is 0 Å². The number of aromatic nitrogens is 1. The van der Waals surface area contributed by atoms with E-state index in [9.17, 15) is 4.79 Å². The topological polar surface area (TPSA) is 42.4 Å². The maximum atomic E-state index is 12.8. The third-order valence-electron chi connectivity index (χ3n) is 4.37. The average Bonchev–Trinajstić information content (AvgIpc) is 2.53. The normalized spacial score (nSPS) is 21.6. The van der Waals surface area contributed by atoms with Crippen molar-refractivity contribution >= 4 is 5.91 Å². The summed E-state index contributed by atoms with van der Waals surface area (Å²) in [5.41, 5.74) is 1.77. The first-order chi connectivity index (χ1) is 10.1. The number of carbonyl (C=O) groups is 1. The molecular formula is C17H24N2O2. The van der Waals surface area contributed by atoms with Crippen molar-refractivity contribution < 1.29 is 9.53 Å². The van der Waals surface area contributed by atoms with Gasteiger partial charge < -0.3 is 9.64 Å². The van der Waals surface area contributed by atoms with E-state index in [0.29, 0.717) is 5.92 Å². The van der Waals surface area contributed by atoms with E-state index in [1.165, 1.54) is 0 Å². The highest BCUT2D eigenvalue weighted by atomic mass is 16.5. The molecule has 1 unspecified atom stereocenters. The summed E-state index contributed by atoms with van der Waals surface area (Å²) in [6, 6.07) is 2.13. The zero-order valence-electron chi connectivity index (χ0n) is 13.3. The largest absolute Gasteiger partial charge is 0.501 e. The summed E-state index contributed by atoms with van der Waals surface area (Å²) in [5, 5.41) is 0. The highest BCUT2D eigenvalue weighted by Gasteiger charge is 2.30. The Morgan fingerprint density at radius 2 is 2.29 bits per heavy atom. The van der Waals surface area contributed by atoms with Crippen molar-refractivity contribution in [1.82, 2.24) is 9.88 Å². The zero-order valence-corrected chi connectivity index (χ0v) is 13.3. The lowest BCUT2D eigenvalue weighted by molar-refractivity contribution is 0.0656. The van der Waals surface area contributed by atoms with Crippen LogP contribution in [0, 0.1) is 5.92 Å². The van der Waals surface area contributed by atoms with Gasteiger partial charge in [0.25, 0.3) is 5.91 Å². The predicted octanol–water partition coefficient (Wildman–Crippen LogP) is 3.04. The lowest BCUT2D eigenvalue weighted by Crippen LogP contribution is -2.42. The Bertz CT molecular complexity index is 539. The van der Waals surface area contributed by atoms with Crippen LogP contribution < -0.4 is 0 Å². The maximum Gasteiger partial charge on any atom is 0.255 e. The summed E-state index contributed by atoms with van der Waals surface area (Å²) in [6.45, 7) is 4.23. The van der Waals surface area contributed by atoms with E-state index < -0.39 is 0 Å². The first-order valence-electron chi connectivity index (χ1n) is 7.51. The van der Waals surface area contributed by atoms with Gasteiger partial charge in [0.2, 0.25) is 0 Å². The standard InChI is InChI=1S/C17H24N2O2/c1-5-13-8-9-18-11-15(13)17(20)19(3)16-7-6-14(21-4)10-12(16)2/h6,8-9,11-12,16H,5,7,10H2,1-4H3/t12?,16-/m1/s1. The molecule has 2 rings (SSSR count). The second kappa shape index (κ2) is 6.74. The third kappa shape index (κ3) is 3.26. The smallest absolute Gasteiger partial charge is 0.255 e. The molecule has 1 heterocycles. The molecule has 4 nitrogen and oxygen atoms in total. The Balaban J connectivity index is 2.18.